The standard InChI is InChI=1S/C27H33N5O2/c1-26-10-5-11-27(2,16-26)15-19(14-26)32(4)24-9-8-21(29-30-24)20-7-6-18(12-23(20)33)22-13-25(34)31(3)17-28-22/h6-9,12-13,17,19,33H,5,10-11,14-16H2,1-4H3/t19?,26-,27+. The molecule has 2 heterocycles. The molecule has 2 bridgehead atoms. The molecule has 2 saturated carbocycles. The summed E-state index contributed by atoms with van der Waals surface area (Å²) >= 11 is 0. The van der Waals surface area contributed by atoms with Gasteiger partial charge in [-0.2, -0.15) is 0 Å². The molecule has 2 aliphatic carbocycles. The Kier molecular flexibility index (Phi) is 5.46. The average molecular weight is 460 g/mol. The van der Waals surface area contributed by atoms with Crippen LogP contribution >= 0.6 is 0 Å². The van der Waals surface area contributed by atoms with E-state index in [1.54, 1.807) is 19.2 Å². The first-order chi connectivity index (χ1) is 16.1. The van der Waals surface area contributed by atoms with Crippen molar-refractivity contribution in [3.8, 4) is 28.3 Å². The normalized spacial score (nSPS) is 26.3. The Bertz CT molecular complexity index is 1250. The monoisotopic (exact) mass is 459 g/mol. The quantitative estimate of drug-likeness (QED) is 0.604. The summed E-state index contributed by atoms with van der Waals surface area (Å²) in [5, 5.41) is 19.6. The highest BCUT2D eigenvalue weighted by Gasteiger charge is 2.47. The molecule has 1 aromatic carbocycles. The van der Waals surface area contributed by atoms with Gasteiger partial charge in [0.25, 0.3) is 5.56 Å². The van der Waals surface area contributed by atoms with Crippen LogP contribution in [-0.2, 0) is 7.05 Å². The highest BCUT2D eigenvalue weighted by Crippen LogP contribution is 2.56. The molecule has 0 aliphatic heterocycles. The molecular weight excluding hydrogens is 426 g/mol. The minimum atomic E-state index is -0.149. The van der Waals surface area contributed by atoms with E-state index in [1.165, 1.54) is 55.5 Å². The second-order valence-corrected chi connectivity index (χ2v) is 11.1. The number of hydrogen-bond acceptors (Lipinski definition) is 6. The Balaban J connectivity index is 1.36. The van der Waals surface area contributed by atoms with Crippen LogP contribution in [0.25, 0.3) is 22.5 Å². The number of aryl methyl sites for hydroxylation is 1. The van der Waals surface area contributed by atoms with Gasteiger partial charge in [0.05, 0.1) is 17.7 Å². The summed E-state index contributed by atoms with van der Waals surface area (Å²) in [4.78, 5) is 18.5. The van der Waals surface area contributed by atoms with Crippen LogP contribution in [0.2, 0.25) is 0 Å². The summed E-state index contributed by atoms with van der Waals surface area (Å²) in [6.45, 7) is 4.91. The third kappa shape index (κ3) is 4.19. The van der Waals surface area contributed by atoms with Crippen LogP contribution in [0.4, 0.5) is 5.82 Å². The molecule has 5 rings (SSSR count). The molecule has 2 aliphatic rings. The number of anilines is 1. The molecule has 178 valence electrons. The van der Waals surface area contributed by atoms with Crippen molar-refractivity contribution in [2.24, 2.45) is 17.9 Å². The van der Waals surface area contributed by atoms with Gasteiger partial charge < -0.3 is 14.6 Å². The van der Waals surface area contributed by atoms with Gasteiger partial charge in [0.15, 0.2) is 5.82 Å². The lowest BCUT2D eigenvalue weighted by Crippen LogP contribution is -2.49. The van der Waals surface area contributed by atoms with Crippen molar-refractivity contribution in [1.82, 2.24) is 19.7 Å². The molecule has 34 heavy (non-hydrogen) atoms. The number of rotatable bonds is 4. The molecule has 0 amide bonds. The van der Waals surface area contributed by atoms with Crippen molar-refractivity contribution in [2.75, 3.05) is 11.9 Å². The zero-order valence-electron chi connectivity index (χ0n) is 20.5. The van der Waals surface area contributed by atoms with Gasteiger partial charge in [0, 0.05) is 37.3 Å². The van der Waals surface area contributed by atoms with Crippen molar-refractivity contribution in [3.05, 3.63) is 53.1 Å². The summed E-state index contributed by atoms with van der Waals surface area (Å²) < 4.78 is 1.41. The molecular formula is C27H33N5O2. The minimum absolute atomic E-state index is 0.0799. The maximum atomic E-state index is 11.9. The smallest absolute Gasteiger partial charge is 0.253 e. The zero-order valence-corrected chi connectivity index (χ0v) is 20.5. The molecule has 3 atom stereocenters. The van der Waals surface area contributed by atoms with E-state index >= 15 is 0 Å². The van der Waals surface area contributed by atoms with Gasteiger partial charge in [-0.3, -0.25) is 4.79 Å². The molecule has 0 spiro atoms. The molecule has 0 radical (unpaired) electrons. The van der Waals surface area contributed by atoms with Crippen LogP contribution in [0, 0.1) is 10.8 Å². The molecule has 1 unspecified atom stereocenters. The van der Waals surface area contributed by atoms with E-state index in [-0.39, 0.29) is 11.3 Å². The number of hydrogen-bond donors (Lipinski definition) is 1. The number of aromatic nitrogens is 4. The van der Waals surface area contributed by atoms with E-state index in [2.05, 4.69) is 41.0 Å². The first-order valence-corrected chi connectivity index (χ1v) is 12.1. The fraction of sp³-hybridized carbons (Fsp3) is 0.481. The summed E-state index contributed by atoms with van der Waals surface area (Å²) in [6.07, 6.45) is 9.18. The predicted octanol–water partition coefficient (Wildman–Crippen LogP) is 4.80. The SMILES string of the molecule is CN(c1ccc(-c2ccc(-c3cc(=O)n(C)cn3)cc2O)nn1)C1C[C@]2(C)CCC[C@](C)(C1)C2. The van der Waals surface area contributed by atoms with Crippen LogP contribution in [0.5, 0.6) is 5.75 Å². The largest absolute Gasteiger partial charge is 0.507 e. The molecule has 2 fully saturated rings. The summed E-state index contributed by atoms with van der Waals surface area (Å²) in [5.41, 5.74) is 3.09. The van der Waals surface area contributed by atoms with Crippen LogP contribution in [0.3, 0.4) is 0 Å². The van der Waals surface area contributed by atoms with Crippen LogP contribution in [0.1, 0.15) is 52.4 Å². The number of aromatic hydroxyl groups is 1. The lowest BCUT2D eigenvalue weighted by atomic mass is 9.55. The van der Waals surface area contributed by atoms with Crippen LogP contribution < -0.4 is 10.5 Å². The predicted molar refractivity (Wildman–Crippen MR) is 134 cm³/mol. The van der Waals surface area contributed by atoms with Crippen molar-refractivity contribution < 1.29 is 5.11 Å². The average Bonchev–Trinajstić information content (AvgIpc) is 2.79. The topological polar surface area (TPSA) is 84.1 Å². The lowest BCUT2D eigenvalue weighted by Gasteiger charge is -2.54. The van der Waals surface area contributed by atoms with Crippen molar-refractivity contribution in [1.29, 1.82) is 0 Å². The second-order valence-electron chi connectivity index (χ2n) is 11.1. The zero-order chi connectivity index (χ0) is 24.1. The number of phenolic OH excluding ortho intramolecular Hbond substituents is 1. The number of nitrogens with zero attached hydrogens (tertiary/aromatic N) is 5. The number of benzene rings is 1. The lowest BCUT2D eigenvalue weighted by molar-refractivity contribution is 0.0141. The first-order valence-electron chi connectivity index (χ1n) is 12.1. The van der Waals surface area contributed by atoms with Gasteiger partial charge in [-0.25, -0.2) is 4.98 Å². The Morgan fingerprint density at radius 3 is 2.38 bits per heavy atom. The molecule has 7 heteroatoms. The van der Waals surface area contributed by atoms with Crippen molar-refractivity contribution in [3.63, 3.8) is 0 Å². The van der Waals surface area contributed by atoms with Gasteiger partial charge in [-0.1, -0.05) is 26.3 Å². The number of phenols is 1. The summed E-state index contributed by atoms with van der Waals surface area (Å²) in [5.74, 6) is 0.942. The van der Waals surface area contributed by atoms with E-state index in [4.69, 9.17) is 0 Å². The van der Waals surface area contributed by atoms with Crippen molar-refractivity contribution >= 4 is 5.82 Å². The summed E-state index contributed by atoms with van der Waals surface area (Å²) in [6, 6.07) is 11.1. The van der Waals surface area contributed by atoms with Crippen molar-refractivity contribution in [2.45, 2.75) is 58.4 Å². The van der Waals surface area contributed by atoms with Gasteiger partial charge in [0.1, 0.15) is 5.75 Å². The van der Waals surface area contributed by atoms with Crippen LogP contribution in [-0.4, -0.2) is 37.9 Å². The third-order valence-corrected chi connectivity index (χ3v) is 7.98. The fourth-order valence-electron chi connectivity index (χ4n) is 6.35. The first kappa shape index (κ1) is 22.6. The Morgan fingerprint density at radius 1 is 1.03 bits per heavy atom. The molecule has 0 saturated heterocycles. The molecule has 2 aromatic heterocycles. The highest BCUT2D eigenvalue weighted by molar-refractivity contribution is 5.73. The van der Waals surface area contributed by atoms with Crippen LogP contribution in [0.15, 0.2) is 47.5 Å². The van der Waals surface area contributed by atoms with E-state index in [9.17, 15) is 9.90 Å². The van der Waals surface area contributed by atoms with Gasteiger partial charge in [-0.05, 0) is 67.2 Å². The Hall–Kier alpha value is -3.22. The number of fused-ring (bicyclic) bond motifs is 2. The maximum Gasteiger partial charge on any atom is 0.253 e. The van der Waals surface area contributed by atoms with Gasteiger partial charge >= 0.3 is 0 Å². The third-order valence-electron chi connectivity index (χ3n) is 7.98. The minimum Gasteiger partial charge on any atom is -0.507 e. The molecule has 1 N–H and O–H groups in total. The highest BCUT2D eigenvalue weighted by atomic mass is 16.3. The van der Waals surface area contributed by atoms with Gasteiger partial charge in [0.2, 0.25) is 0 Å². The second kappa shape index (κ2) is 8.22. The molecule has 3 aromatic rings. The Labute approximate surface area is 200 Å². The Morgan fingerprint density at radius 2 is 1.76 bits per heavy atom. The maximum absolute atomic E-state index is 11.9. The summed E-state index contributed by atoms with van der Waals surface area (Å²) in [7, 11) is 3.78. The van der Waals surface area contributed by atoms with E-state index in [1.807, 2.05) is 18.2 Å². The van der Waals surface area contributed by atoms with E-state index in [0.29, 0.717) is 39.4 Å². The van der Waals surface area contributed by atoms with E-state index in [0.717, 1.165) is 5.82 Å². The fourth-order valence-corrected chi connectivity index (χ4v) is 6.35. The van der Waals surface area contributed by atoms with E-state index < -0.39 is 0 Å². The van der Waals surface area contributed by atoms with Gasteiger partial charge in [-0.15, -0.1) is 10.2 Å². The molecule has 7 nitrogen and oxygen atoms in total.